The van der Waals surface area contributed by atoms with E-state index < -0.39 is 0 Å². The molecule has 0 saturated heterocycles. The summed E-state index contributed by atoms with van der Waals surface area (Å²) in [5, 5.41) is 11.9. The summed E-state index contributed by atoms with van der Waals surface area (Å²) in [6, 6.07) is 6.84. The lowest BCUT2D eigenvalue weighted by Gasteiger charge is -2.11. The molecular formula is C12H10BrClN2O. The van der Waals surface area contributed by atoms with Crippen LogP contribution in [0.3, 0.4) is 0 Å². The lowest BCUT2D eigenvalue weighted by Crippen LogP contribution is -2.23. The van der Waals surface area contributed by atoms with Crippen LogP contribution in [0.15, 0.2) is 18.2 Å². The Morgan fingerprint density at radius 2 is 2.35 bits per heavy atom. The molecule has 2 atom stereocenters. The predicted octanol–water partition coefficient (Wildman–Crippen LogP) is 3.32. The van der Waals surface area contributed by atoms with E-state index in [9.17, 15) is 4.79 Å². The molecule has 0 heterocycles. The summed E-state index contributed by atoms with van der Waals surface area (Å²) in [4.78, 5) is 12.2. The summed E-state index contributed by atoms with van der Waals surface area (Å²) in [5.41, 5.74) is 0.688. The maximum Gasteiger partial charge on any atom is 0.231 e. The van der Waals surface area contributed by atoms with Crippen LogP contribution in [0.1, 0.15) is 18.9 Å². The first kappa shape index (κ1) is 12.4. The summed E-state index contributed by atoms with van der Waals surface area (Å²) < 4.78 is 0. The number of benzene rings is 1. The van der Waals surface area contributed by atoms with E-state index in [4.69, 9.17) is 16.9 Å². The van der Waals surface area contributed by atoms with Gasteiger partial charge in [-0.2, -0.15) is 5.26 Å². The van der Waals surface area contributed by atoms with Crippen LogP contribution in [0.5, 0.6) is 0 Å². The largest absolute Gasteiger partial charge is 0.326 e. The van der Waals surface area contributed by atoms with Crippen LogP contribution in [0, 0.1) is 16.7 Å². The molecule has 1 aromatic rings. The van der Waals surface area contributed by atoms with E-state index in [0.717, 1.165) is 6.42 Å². The molecule has 2 rings (SSSR count). The first-order chi connectivity index (χ1) is 7.97. The number of nitrogens with one attached hydrogen (secondary N) is 1. The van der Waals surface area contributed by atoms with Gasteiger partial charge in [0.25, 0.3) is 0 Å². The van der Waals surface area contributed by atoms with Crippen LogP contribution in [0.2, 0.25) is 5.02 Å². The minimum Gasteiger partial charge on any atom is -0.326 e. The van der Waals surface area contributed by atoms with Crippen molar-refractivity contribution in [3.8, 4) is 6.07 Å². The van der Waals surface area contributed by atoms with Crippen molar-refractivity contribution in [3.05, 3.63) is 28.8 Å². The molecule has 0 spiro atoms. The molecule has 1 saturated carbocycles. The van der Waals surface area contributed by atoms with Gasteiger partial charge < -0.3 is 5.32 Å². The monoisotopic (exact) mass is 312 g/mol. The van der Waals surface area contributed by atoms with Crippen molar-refractivity contribution >= 4 is 39.1 Å². The lowest BCUT2D eigenvalue weighted by molar-refractivity contribution is -0.120. The maximum atomic E-state index is 11.9. The van der Waals surface area contributed by atoms with Gasteiger partial charge in [-0.15, -0.1) is 0 Å². The van der Waals surface area contributed by atoms with Gasteiger partial charge in [0, 0.05) is 10.5 Å². The molecule has 1 aliphatic rings. The van der Waals surface area contributed by atoms with E-state index in [0.29, 0.717) is 16.3 Å². The summed E-state index contributed by atoms with van der Waals surface area (Å²) in [7, 11) is 0. The van der Waals surface area contributed by atoms with Gasteiger partial charge in [0.15, 0.2) is 0 Å². The molecule has 17 heavy (non-hydrogen) atoms. The molecule has 1 aliphatic carbocycles. The molecule has 88 valence electrons. The molecule has 1 unspecified atom stereocenters. The predicted molar refractivity (Wildman–Crippen MR) is 70.2 cm³/mol. The summed E-state index contributed by atoms with van der Waals surface area (Å²) in [5.74, 6) is -0.0276. The highest BCUT2D eigenvalue weighted by atomic mass is 79.9. The van der Waals surface area contributed by atoms with Gasteiger partial charge in [-0.25, -0.2) is 0 Å². The minimum atomic E-state index is -0.333. The molecule has 0 bridgehead atoms. The first-order valence-corrected chi connectivity index (χ1v) is 6.42. The van der Waals surface area contributed by atoms with E-state index in [1.807, 2.05) is 13.0 Å². The van der Waals surface area contributed by atoms with Crippen molar-refractivity contribution < 1.29 is 4.79 Å². The highest BCUT2D eigenvalue weighted by Gasteiger charge is 2.54. The number of hydrogen-bond acceptors (Lipinski definition) is 2. The van der Waals surface area contributed by atoms with E-state index in [1.165, 1.54) is 0 Å². The number of rotatable bonds is 2. The van der Waals surface area contributed by atoms with Gasteiger partial charge in [0.05, 0.1) is 16.0 Å². The third-order valence-electron chi connectivity index (χ3n) is 3.00. The van der Waals surface area contributed by atoms with Crippen LogP contribution in [-0.4, -0.2) is 10.7 Å². The van der Waals surface area contributed by atoms with Crippen molar-refractivity contribution in [1.29, 1.82) is 5.26 Å². The van der Waals surface area contributed by atoms with Gasteiger partial charge in [-0.05, 0) is 31.5 Å². The van der Waals surface area contributed by atoms with Crippen LogP contribution < -0.4 is 5.32 Å². The fraction of sp³-hybridized carbons (Fsp3) is 0.333. The van der Waals surface area contributed by atoms with Gasteiger partial charge in [-0.1, -0.05) is 27.5 Å². The normalized spacial score (nSPS) is 26.1. The van der Waals surface area contributed by atoms with Crippen molar-refractivity contribution in [2.45, 2.75) is 18.2 Å². The molecule has 1 amide bonds. The number of anilines is 1. The number of amides is 1. The highest BCUT2D eigenvalue weighted by molar-refractivity contribution is 9.09. The third-order valence-corrected chi connectivity index (χ3v) is 4.65. The second-order valence-electron chi connectivity index (χ2n) is 4.35. The average molecular weight is 314 g/mol. The van der Waals surface area contributed by atoms with Gasteiger partial charge in [0.1, 0.15) is 6.07 Å². The van der Waals surface area contributed by atoms with Crippen molar-refractivity contribution in [1.82, 2.24) is 0 Å². The Labute approximate surface area is 113 Å². The molecule has 1 fully saturated rings. The first-order valence-electron chi connectivity index (χ1n) is 5.12. The summed E-state index contributed by atoms with van der Waals surface area (Å²) >= 11 is 9.31. The van der Waals surface area contributed by atoms with Gasteiger partial charge in [0.2, 0.25) is 5.91 Å². The van der Waals surface area contributed by atoms with Crippen LogP contribution >= 0.6 is 27.5 Å². The van der Waals surface area contributed by atoms with Crippen molar-refractivity contribution in [2.24, 2.45) is 5.41 Å². The Hall–Kier alpha value is -1.05. The quantitative estimate of drug-likeness (QED) is 0.852. The average Bonchev–Trinajstić information content (AvgIpc) is 2.89. The zero-order valence-electron chi connectivity index (χ0n) is 9.13. The molecule has 1 N–H and O–H groups in total. The van der Waals surface area contributed by atoms with Crippen molar-refractivity contribution in [3.63, 3.8) is 0 Å². The van der Waals surface area contributed by atoms with E-state index in [2.05, 4.69) is 21.2 Å². The SMILES string of the molecule is C[C@@]1(C(=O)Nc2ccc(C#N)c(Cl)c2)CC1Br. The van der Waals surface area contributed by atoms with E-state index in [-0.39, 0.29) is 16.1 Å². The number of nitriles is 1. The Bertz CT molecular complexity index is 526. The zero-order chi connectivity index (χ0) is 12.6. The van der Waals surface area contributed by atoms with Gasteiger partial charge >= 0.3 is 0 Å². The molecule has 0 aliphatic heterocycles. The molecule has 5 heteroatoms. The Balaban J connectivity index is 2.13. The second kappa shape index (κ2) is 4.32. The summed E-state index contributed by atoms with van der Waals surface area (Å²) in [6.07, 6.45) is 0.836. The topological polar surface area (TPSA) is 52.9 Å². The van der Waals surface area contributed by atoms with Crippen LogP contribution in [-0.2, 0) is 4.79 Å². The van der Waals surface area contributed by atoms with Gasteiger partial charge in [-0.3, -0.25) is 4.79 Å². The van der Waals surface area contributed by atoms with Crippen molar-refractivity contribution in [2.75, 3.05) is 5.32 Å². The fourth-order valence-electron chi connectivity index (χ4n) is 1.51. The number of hydrogen-bond donors (Lipinski definition) is 1. The Morgan fingerprint density at radius 1 is 1.71 bits per heavy atom. The Kier molecular flexibility index (Phi) is 3.15. The van der Waals surface area contributed by atoms with E-state index >= 15 is 0 Å². The van der Waals surface area contributed by atoms with Crippen LogP contribution in [0.4, 0.5) is 5.69 Å². The zero-order valence-corrected chi connectivity index (χ0v) is 11.5. The smallest absolute Gasteiger partial charge is 0.231 e. The molecule has 0 aromatic heterocycles. The van der Waals surface area contributed by atoms with Crippen LogP contribution in [0.25, 0.3) is 0 Å². The highest BCUT2D eigenvalue weighted by Crippen LogP contribution is 2.51. The number of halogens is 2. The fourth-order valence-corrected chi connectivity index (χ4v) is 2.61. The molecule has 3 nitrogen and oxygen atoms in total. The number of carbonyl (C=O) groups excluding carboxylic acids is 1. The standard InChI is InChI=1S/C12H10BrClN2O/c1-12(5-10(12)13)11(17)16-8-3-2-7(6-15)9(14)4-8/h2-4,10H,5H2,1H3,(H,16,17)/t10?,12-/m1/s1. The van der Waals surface area contributed by atoms with E-state index in [1.54, 1.807) is 18.2 Å². The number of alkyl halides is 1. The third kappa shape index (κ3) is 2.31. The Morgan fingerprint density at radius 3 is 2.82 bits per heavy atom. The summed E-state index contributed by atoms with van der Waals surface area (Å²) in [6.45, 7) is 1.91. The maximum absolute atomic E-state index is 11.9. The lowest BCUT2D eigenvalue weighted by atomic mass is 10.1. The molecule has 1 aromatic carbocycles. The minimum absolute atomic E-state index is 0.0276. The molecule has 0 radical (unpaired) electrons. The molecular weight excluding hydrogens is 304 g/mol. The number of carbonyl (C=O) groups is 1. The second-order valence-corrected chi connectivity index (χ2v) is 5.86. The number of nitrogens with zero attached hydrogens (tertiary/aromatic N) is 1.